The van der Waals surface area contributed by atoms with Crippen molar-refractivity contribution in [2.75, 3.05) is 0 Å². The molecule has 4 fully saturated rings. The van der Waals surface area contributed by atoms with Crippen LogP contribution in [0.3, 0.4) is 0 Å². The number of ether oxygens (including phenoxy) is 2. The molecule has 2 saturated heterocycles. The van der Waals surface area contributed by atoms with E-state index in [1.54, 1.807) is 0 Å². The molecule has 1 spiro atoms. The normalized spacial score (nSPS) is 53.6. The molecule has 2 saturated carbocycles. The number of carbonyl (C=O) groups is 1. The quantitative estimate of drug-likeness (QED) is 0.498. The van der Waals surface area contributed by atoms with Crippen LogP contribution in [0.5, 0.6) is 0 Å². The molecular formula is C30H44O5. The minimum Gasteiger partial charge on any atom is -0.453 e. The van der Waals surface area contributed by atoms with E-state index < -0.39 is 22.0 Å². The Morgan fingerprint density at radius 1 is 0.943 bits per heavy atom. The highest BCUT2D eigenvalue weighted by atomic mass is 16.6. The van der Waals surface area contributed by atoms with Crippen LogP contribution in [-0.4, -0.2) is 45.2 Å². The average Bonchev–Trinajstić information content (AvgIpc) is 3.32. The van der Waals surface area contributed by atoms with Gasteiger partial charge in [-0.25, -0.2) is 0 Å². The topological polar surface area (TPSA) is 76.0 Å². The van der Waals surface area contributed by atoms with Crippen molar-refractivity contribution in [2.45, 2.75) is 129 Å². The van der Waals surface area contributed by atoms with E-state index in [4.69, 9.17) is 9.47 Å². The molecule has 6 rings (SSSR count). The van der Waals surface area contributed by atoms with Gasteiger partial charge in [0.05, 0.1) is 11.7 Å². The second-order valence-electron chi connectivity index (χ2n) is 14.5. The Hall–Kier alpha value is -1.17. The Morgan fingerprint density at radius 3 is 2.31 bits per heavy atom. The monoisotopic (exact) mass is 484 g/mol. The molecule has 194 valence electrons. The standard InChI is InChI=1S/C30H44O5/c1-24(2)13-12-22(34-24)28(7)30(33)17-16-27(6)19-8-9-20-25(3,4)21(31)11-14-26(20,5)18(19)10-15-29(27,30)23(32)35-28/h10,15,20-22,31,33H,8-9,11-14,16-17H2,1-7H3/t20-,21-,22-,26+,27-,28-,29+,30-/m0/s1. The number of aliphatic hydroxyl groups is 2. The lowest BCUT2D eigenvalue weighted by Crippen LogP contribution is -2.63. The second-order valence-corrected chi connectivity index (χ2v) is 14.5. The van der Waals surface area contributed by atoms with E-state index in [-0.39, 0.29) is 34.6 Å². The lowest BCUT2D eigenvalue weighted by Gasteiger charge is -2.60. The summed E-state index contributed by atoms with van der Waals surface area (Å²) in [6.45, 7) is 15.1. The fourth-order valence-corrected chi connectivity index (χ4v) is 10.0. The van der Waals surface area contributed by atoms with Gasteiger partial charge in [-0.2, -0.15) is 0 Å². The molecule has 0 aromatic carbocycles. The van der Waals surface area contributed by atoms with Gasteiger partial charge in [0.25, 0.3) is 0 Å². The van der Waals surface area contributed by atoms with Crippen LogP contribution in [0.2, 0.25) is 0 Å². The molecular weight excluding hydrogens is 440 g/mol. The Balaban J connectivity index is 1.46. The van der Waals surface area contributed by atoms with Crippen LogP contribution in [-0.2, 0) is 14.3 Å². The minimum atomic E-state index is -1.31. The van der Waals surface area contributed by atoms with Crippen LogP contribution < -0.4 is 0 Å². The first kappa shape index (κ1) is 24.2. The molecule has 5 heteroatoms. The fraction of sp³-hybridized carbons (Fsp3) is 0.833. The van der Waals surface area contributed by atoms with Gasteiger partial charge in [0.2, 0.25) is 0 Å². The molecule has 5 nitrogen and oxygen atoms in total. The van der Waals surface area contributed by atoms with Crippen molar-refractivity contribution in [1.82, 2.24) is 0 Å². The molecule has 0 aromatic rings. The summed E-state index contributed by atoms with van der Waals surface area (Å²) in [6.07, 6.45) is 10.2. The number of fused-ring (bicyclic) bond motifs is 3. The van der Waals surface area contributed by atoms with Crippen LogP contribution in [0, 0.1) is 27.6 Å². The Bertz CT molecular complexity index is 1050. The van der Waals surface area contributed by atoms with Gasteiger partial charge in [0.1, 0.15) is 17.1 Å². The maximum Gasteiger partial charge on any atom is 0.320 e. The van der Waals surface area contributed by atoms with Crippen molar-refractivity contribution in [3.05, 3.63) is 23.3 Å². The molecule has 8 atom stereocenters. The smallest absolute Gasteiger partial charge is 0.320 e. The molecule has 2 aliphatic heterocycles. The lowest BCUT2D eigenvalue weighted by atomic mass is 9.44. The summed E-state index contributed by atoms with van der Waals surface area (Å²) in [4.78, 5) is 14.0. The highest BCUT2D eigenvalue weighted by Crippen LogP contribution is 2.75. The summed E-state index contributed by atoms with van der Waals surface area (Å²) in [5, 5.41) is 23.4. The van der Waals surface area contributed by atoms with Crippen molar-refractivity contribution in [1.29, 1.82) is 0 Å². The molecule has 6 aliphatic rings. The van der Waals surface area contributed by atoms with Crippen molar-refractivity contribution >= 4 is 5.97 Å². The summed E-state index contributed by atoms with van der Waals surface area (Å²) >= 11 is 0. The molecule has 0 unspecified atom stereocenters. The third kappa shape index (κ3) is 2.50. The molecule has 4 aliphatic carbocycles. The number of hydrogen-bond donors (Lipinski definition) is 2. The largest absolute Gasteiger partial charge is 0.453 e. The molecule has 0 radical (unpaired) electrons. The van der Waals surface area contributed by atoms with Crippen molar-refractivity contribution in [2.24, 2.45) is 27.6 Å². The van der Waals surface area contributed by atoms with Crippen LogP contribution in [0.1, 0.15) is 99.8 Å². The predicted molar refractivity (Wildman–Crippen MR) is 133 cm³/mol. The SMILES string of the molecule is CC1(C)CC[C@@H]([C@]2(C)OC(=O)[C@]34C=CC5=C(CC[C@H]6C(C)(C)[C@@H](O)CC[C@]56C)[C@]3(C)CC[C@@]42O)O1. The van der Waals surface area contributed by atoms with Gasteiger partial charge in [-0.3, -0.25) is 4.79 Å². The summed E-state index contributed by atoms with van der Waals surface area (Å²) < 4.78 is 12.7. The first-order valence-corrected chi connectivity index (χ1v) is 13.8. The number of esters is 1. The number of aliphatic hydroxyl groups excluding tert-OH is 1. The van der Waals surface area contributed by atoms with Crippen molar-refractivity contribution < 1.29 is 24.5 Å². The molecule has 0 amide bonds. The summed E-state index contributed by atoms with van der Waals surface area (Å²) in [5.74, 6) is 0.0975. The van der Waals surface area contributed by atoms with Crippen LogP contribution >= 0.6 is 0 Å². The van der Waals surface area contributed by atoms with Crippen molar-refractivity contribution in [3.63, 3.8) is 0 Å². The molecule has 2 heterocycles. The van der Waals surface area contributed by atoms with Crippen LogP contribution in [0.15, 0.2) is 23.3 Å². The lowest BCUT2D eigenvalue weighted by molar-refractivity contribution is -0.199. The van der Waals surface area contributed by atoms with Crippen molar-refractivity contribution in [3.8, 4) is 0 Å². The summed E-state index contributed by atoms with van der Waals surface area (Å²) in [5.41, 5.74) is -1.73. The van der Waals surface area contributed by atoms with Gasteiger partial charge in [-0.05, 0) is 94.5 Å². The first-order chi connectivity index (χ1) is 16.1. The minimum absolute atomic E-state index is 0.0391. The number of hydrogen-bond acceptors (Lipinski definition) is 5. The van der Waals surface area contributed by atoms with Gasteiger partial charge < -0.3 is 19.7 Å². The summed E-state index contributed by atoms with van der Waals surface area (Å²) in [6, 6.07) is 0. The number of cyclic esters (lactones) is 1. The number of rotatable bonds is 1. The van der Waals surface area contributed by atoms with Gasteiger partial charge in [0.15, 0.2) is 5.60 Å². The Morgan fingerprint density at radius 2 is 1.66 bits per heavy atom. The Kier molecular flexibility index (Phi) is 4.58. The maximum atomic E-state index is 14.0. The molecule has 2 N–H and O–H groups in total. The Labute approximate surface area is 210 Å². The van der Waals surface area contributed by atoms with E-state index in [0.29, 0.717) is 12.3 Å². The van der Waals surface area contributed by atoms with Gasteiger partial charge in [0, 0.05) is 5.41 Å². The summed E-state index contributed by atoms with van der Waals surface area (Å²) in [7, 11) is 0. The first-order valence-electron chi connectivity index (χ1n) is 13.8. The van der Waals surface area contributed by atoms with Gasteiger partial charge >= 0.3 is 5.97 Å². The maximum absolute atomic E-state index is 14.0. The number of carbonyl (C=O) groups excluding carboxylic acids is 1. The second kappa shape index (κ2) is 6.63. The molecule has 0 aromatic heterocycles. The van der Waals surface area contributed by atoms with Crippen LogP contribution in [0.25, 0.3) is 0 Å². The molecule has 35 heavy (non-hydrogen) atoms. The average molecular weight is 485 g/mol. The van der Waals surface area contributed by atoms with Crippen LogP contribution in [0.4, 0.5) is 0 Å². The van der Waals surface area contributed by atoms with E-state index in [1.807, 2.05) is 13.0 Å². The number of allylic oxidation sites excluding steroid dienone is 3. The zero-order valence-corrected chi connectivity index (χ0v) is 22.7. The van der Waals surface area contributed by atoms with E-state index in [2.05, 4.69) is 47.6 Å². The predicted octanol–water partition coefficient (Wildman–Crippen LogP) is 5.24. The van der Waals surface area contributed by atoms with E-state index in [9.17, 15) is 15.0 Å². The third-order valence-electron chi connectivity index (χ3n) is 12.3. The van der Waals surface area contributed by atoms with Gasteiger partial charge in [-0.1, -0.05) is 45.4 Å². The molecule has 0 bridgehead atoms. The van der Waals surface area contributed by atoms with E-state index >= 15 is 0 Å². The van der Waals surface area contributed by atoms with E-state index in [0.717, 1.165) is 44.9 Å². The van der Waals surface area contributed by atoms with E-state index in [1.165, 1.54) is 11.1 Å². The zero-order chi connectivity index (χ0) is 25.4. The zero-order valence-electron chi connectivity index (χ0n) is 22.7. The fourth-order valence-electron chi connectivity index (χ4n) is 10.0. The third-order valence-corrected chi connectivity index (χ3v) is 12.3. The van der Waals surface area contributed by atoms with Gasteiger partial charge in [-0.15, -0.1) is 0 Å². The highest BCUT2D eigenvalue weighted by Gasteiger charge is 2.83. The highest BCUT2D eigenvalue weighted by molar-refractivity contribution is 5.88.